The number of alkyl halides is 1. The van der Waals surface area contributed by atoms with Crippen LogP contribution in [-0.4, -0.2) is 0 Å². The molecule has 0 fully saturated rings. The zero-order chi connectivity index (χ0) is 20.5. The van der Waals surface area contributed by atoms with Crippen molar-refractivity contribution < 1.29 is 0 Å². The van der Waals surface area contributed by atoms with Crippen molar-refractivity contribution in [1.82, 2.24) is 0 Å². The number of unbranched alkanes of at least 4 members (excludes halogenated alkanes) is 12. The van der Waals surface area contributed by atoms with E-state index in [4.69, 9.17) is 11.6 Å². The average Bonchev–Trinajstić information content (AvgIpc) is 2.67. The van der Waals surface area contributed by atoms with Crippen molar-refractivity contribution in [3.8, 4) is 0 Å². The molecule has 1 rings (SSSR count). The summed E-state index contributed by atoms with van der Waals surface area (Å²) >= 11 is 6.53. The number of benzene rings is 1. The molecule has 0 radical (unpaired) electrons. The lowest BCUT2D eigenvalue weighted by Gasteiger charge is -2.20. The van der Waals surface area contributed by atoms with Crippen LogP contribution in [0.5, 0.6) is 0 Å². The van der Waals surface area contributed by atoms with Gasteiger partial charge in [-0.1, -0.05) is 101 Å². The van der Waals surface area contributed by atoms with E-state index in [0.29, 0.717) is 0 Å². The Labute approximate surface area is 181 Å². The number of allylic oxidation sites excluding steroid dienone is 2. The molecule has 0 saturated heterocycles. The van der Waals surface area contributed by atoms with Crippen LogP contribution in [-0.2, 0) is 11.3 Å². The predicted octanol–water partition coefficient (Wildman–Crippen LogP) is 9.74. The average molecular weight is 405 g/mol. The Morgan fingerprint density at radius 3 is 1.79 bits per heavy atom. The molecular weight excluding hydrogens is 360 g/mol. The second-order valence-corrected chi connectivity index (χ2v) is 9.76. The van der Waals surface area contributed by atoms with Crippen LogP contribution in [0.4, 0.5) is 0 Å². The summed E-state index contributed by atoms with van der Waals surface area (Å²) in [5.74, 6) is 0. The van der Waals surface area contributed by atoms with Crippen LogP contribution in [0.25, 0.3) is 0 Å². The van der Waals surface area contributed by atoms with Crippen molar-refractivity contribution in [2.24, 2.45) is 0 Å². The van der Waals surface area contributed by atoms with Crippen LogP contribution in [0.15, 0.2) is 36.4 Å². The first kappa shape index (κ1) is 25.3. The number of aryl methyl sites for hydroxylation is 1. The van der Waals surface area contributed by atoms with Crippen molar-refractivity contribution in [1.29, 1.82) is 0 Å². The van der Waals surface area contributed by atoms with E-state index in [1.165, 1.54) is 101 Å². The standard InChI is InChI=1S/C27H45Cl/c1-4-5-6-7-8-9-10-11-12-13-14-15-16-17-18-19-22-25-23-20-21-24-26(25)27(2,3)28/h11-12,20-21,23-24H,4-10,13-19,22H2,1-3H3/b12-11-. The van der Waals surface area contributed by atoms with E-state index in [0.717, 1.165) is 6.42 Å². The van der Waals surface area contributed by atoms with E-state index < -0.39 is 0 Å². The molecule has 0 nitrogen and oxygen atoms in total. The van der Waals surface area contributed by atoms with Crippen molar-refractivity contribution >= 4 is 11.6 Å². The van der Waals surface area contributed by atoms with E-state index in [-0.39, 0.29) is 4.87 Å². The third kappa shape index (κ3) is 12.7. The summed E-state index contributed by atoms with van der Waals surface area (Å²) in [5, 5.41) is 0. The Morgan fingerprint density at radius 1 is 0.714 bits per heavy atom. The van der Waals surface area contributed by atoms with Gasteiger partial charge in [0.15, 0.2) is 0 Å². The smallest absolute Gasteiger partial charge is 0.0641 e. The summed E-state index contributed by atoms with van der Waals surface area (Å²) in [4.78, 5) is -0.265. The summed E-state index contributed by atoms with van der Waals surface area (Å²) in [5.41, 5.74) is 2.72. The molecule has 0 bridgehead atoms. The molecule has 0 aliphatic carbocycles. The molecule has 0 aliphatic rings. The van der Waals surface area contributed by atoms with Crippen molar-refractivity contribution in [3.05, 3.63) is 47.5 Å². The van der Waals surface area contributed by atoms with Crippen LogP contribution >= 0.6 is 11.6 Å². The zero-order valence-corrected chi connectivity index (χ0v) is 19.7. The van der Waals surface area contributed by atoms with Gasteiger partial charge in [0.2, 0.25) is 0 Å². The van der Waals surface area contributed by atoms with Gasteiger partial charge in [-0.25, -0.2) is 0 Å². The second kappa shape index (κ2) is 16.1. The molecule has 0 unspecified atom stereocenters. The highest BCUT2D eigenvalue weighted by atomic mass is 35.5. The van der Waals surface area contributed by atoms with Crippen LogP contribution < -0.4 is 0 Å². The van der Waals surface area contributed by atoms with E-state index >= 15 is 0 Å². The summed E-state index contributed by atoms with van der Waals surface area (Å²) < 4.78 is 0. The zero-order valence-electron chi connectivity index (χ0n) is 18.9. The Morgan fingerprint density at radius 2 is 1.21 bits per heavy atom. The highest BCUT2D eigenvalue weighted by molar-refractivity contribution is 6.23. The highest BCUT2D eigenvalue weighted by Gasteiger charge is 2.19. The fourth-order valence-corrected chi connectivity index (χ4v) is 4.07. The fourth-order valence-electron chi connectivity index (χ4n) is 3.88. The number of rotatable bonds is 17. The lowest BCUT2D eigenvalue weighted by molar-refractivity contribution is 0.593. The van der Waals surface area contributed by atoms with Gasteiger partial charge >= 0.3 is 0 Å². The van der Waals surface area contributed by atoms with E-state index in [2.05, 4.69) is 57.2 Å². The fraction of sp³-hybridized carbons (Fsp3) is 0.704. The molecule has 0 aromatic heterocycles. The number of halogens is 1. The Hall–Kier alpha value is -0.750. The predicted molar refractivity (Wildman–Crippen MR) is 128 cm³/mol. The van der Waals surface area contributed by atoms with Crippen LogP contribution in [0, 0.1) is 0 Å². The molecule has 0 saturated carbocycles. The molecule has 1 heteroatoms. The molecule has 1 aromatic rings. The third-order valence-corrected chi connectivity index (χ3v) is 5.82. The summed E-state index contributed by atoms with van der Waals surface area (Å²) in [7, 11) is 0. The second-order valence-electron chi connectivity index (χ2n) is 8.82. The Kier molecular flexibility index (Phi) is 14.5. The number of hydrogen-bond acceptors (Lipinski definition) is 0. The summed E-state index contributed by atoms with van der Waals surface area (Å²) in [6, 6.07) is 8.67. The molecule has 160 valence electrons. The maximum absolute atomic E-state index is 6.53. The van der Waals surface area contributed by atoms with Crippen molar-refractivity contribution in [2.75, 3.05) is 0 Å². The Bertz CT molecular complexity index is 509. The largest absolute Gasteiger partial charge is 0.115 e. The van der Waals surface area contributed by atoms with E-state index in [9.17, 15) is 0 Å². The lowest BCUT2D eigenvalue weighted by atomic mass is 9.93. The van der Waals surface area contributed by atoms with Crippen molar-refractivity contribution in [3.63, 3.8) is 0 Å². The van der Waals surface area contributed by atoms with Gasteiger partial charge in [-0.05, 0) is 63.5 Å². The first-order valence-corrected chi connectivity index (χ1v) is 12.4. The van der Waals surface area contributed by atoms with Crippen LogP contribution in [0.2, 0.25) is 0 Å². The quantitative estimate of drug-likeness (QED) is 0.137. The molecule has 0 amide bonds. The van der Waals surface area contributed by atoms with Gasteiger partial charge in [0, 0.05) is 0 Å². The van der Waals surface area contributed by atoms with Gasteiger partial charge in [0.25, 0.3) is 0 Å². The number of hydrogen-bond donors (Lipinski definition) is 0. The minimum absolute atomic E-state index is 0.265. The van der Waals surface area contributed by atoms with Gasteiger partial charge < -0.3 is 0 Å². The van der Waals surface area contributed by atoms with E-state index in [1.54, 1.807) is 0 Å². The lowest BCUT2D eigenvalue weighted by Crippen LogP contribution is -2.10. The molecule has 0 aliphatic heterocycles. The summed E-state index contributed by atoms with van der Waals surface area (Å²) in [6.45, 7) is 6.47. The molecule has 0 spiro atoms. The SMILES string of the molecule is CCCCCCCC/C=C\CCCCCCCCc1ccccc1C(C)(C)Cl. The monoisotopic (exact) mass is 404 g/mol. The minimum Gasteiger partial charge on any atom is -0.115 e. The normalized spacial score (nSPS) is 12.1. The molecule has 28 heavy (non-hydrogen) atoms. The van der Waals surface area contributed by atoms with Crippen LogP contribution in [0.1, 0.15) is 122 Å². The molecule has 0 N–H and O–H groups in total. The molecule has 1 aromatic carbocycles. The van der Waals surface area contributed by atoms with E-state index in [1.807, 2.05) is 0 Å². The third-order valence-electron chi connectivity index (χ3n) is 5.62. The van der Waals surface area contributed by atoms with Gasteiger partial charge in [0.1, 0.15) is 0 Å². The first-order chi connectivity index (χ1) is 13.6. The van der Waals surface area contributed by atoms with Gasteiger partial charge in [0.05, 0.1) is 4.87 Å². The Balaban J connectivity index is 1.96. The molecule has 0 heterocycles. The first-order valence-electron chi connectivity index (χ1n) is 12.0. The maximum Gasteiger partial charge on any atom is 0.0641 e. The molecular formula is C27H45Cl. The van der Waals surface area contributed by atoms with Gasteiger partial charge in [-0.15, -0.1) is 11.6 Å². The molecule has 0 atom stereocenters. The van der Waals surface area contributed by atoms with Gasteiger partial charge in [-0.2, -0.15) is 0 Å². The highest BCUT2D eigenvalue weighted by Crippen LogP contribution is 2.31. The van der Waals surface area contributed by atoms with Gasteiger partial charge in [-0.3, -0.25) is 0 Å². The maximum atomic E-state index is 6.53. The van der Waals surface area contributed by atoms with Crippen molar-refractivity contribution in [2.45, 2.75) is 122 Å². The van der Waals surface area contributed by atoms with Crippen LogP contribution in [0.3, 0.4) is 0 Å². The minimum atomic E-state index is -0.265. The topological polar surface area (TPSA) is 0 Å². The summed E-state index contributed by atoms with van der Waals surface area (Å²) in [6.07, 6.45) is 25.1.